The lowest BCUT2D eigenvalue weighted by Gasteiger charge is -2.07. The number of aliphatic imine (C=N–C) groups is 1. The van der Waals surface area contributed by atoms with E-state index >= 15 is 0 Å². The monoisotopic (exact) mass is 477 g/mol. The molecule has 0 saturated heterocycles. The lowest BCUT2D eigenvalue weighted by atomic mass is 10.0. The number of nitrogens with zero attached hydrogens (tertiary/aromatic N) is 1. The molecule has 0 unspecified atom stereocenters. The van der Waals surface area contributed by atoms with Crippen molar-refractivity contribution in [2.45, 2.75) is 54.4 Å². The van der Waals surface area contributed by atoms with Crippen LogP contribution in [0.25, 0.3) is 5.57 Å². The van der Waals surface area contributed by atoms with Gasteiger partial charge in [-0.05, 0) is 80.5 Å². The van der Waals surface area contributed by atoms with Crippen molar-refractivity contribution in [3.8, 4) is 0 Å². The van der Waals surface area contributed by atoms with Crippen LogP contribution in [-0.4, -0.2) is 16.8 Å². The Bertz CT molecular complexity index is 1110. The molecule has 4 heteroatoms. The molecule has 0 aliphatic heterocycles. The van der Waals surface area contributed by atoms with Crippen LogP contribution in [0.3, 0.4) is 0 Å². The smallest absolute Gasteiger partial charge is 0.333 e. The normalized spacial score (nSPS) is 13.0. The third-order valence-electron chi connectivity index (χ3n) is 5.47. The molecule has 0 heterocycles. The number of hydrogen-bond donors (Lipinski definition) is 1. The molecule has 2 aromatic rings. The highest BCUT2D eigenvalue weighted by atomic mass is 35.5. The Morgan fingerprint density at radius 3 is 2.21 bits per heavy atom. The lowest BCUT2D eigenvalue weighted by molar-refractivity contribution is -0.132. The predicted molar refractivity (Wildman–Crippen MR) is 148 cm³/mol. The summed E-state index contributed by atoms with van der Waals surface area (Å²) in [5.41, 5.74) is 7.13. The van der Waals surface area contributed by atoms with Gasteiger partial charge in [0.1, 0.15) is 0 Å². The molecule has 0 radical (unpaired) electrons. The molecule has 2 aromatic carbocycles. The summed E-state index contributed by atoms with van der Waals surface area (Å²) in [6.45, 7) is 15.2. The van der Waals surface area contributed by atoms with Crippen molar-refractivity contribution in [3.05, 3.63) is 112 Å². The van der Waals surface area contributed by atoms with Gasteiger partial charge in [0.2, 0.25) is 0 Å². The van der Waals surface area contributed by atoms with Crippen molar-refractivity contribution in [2.24, 2.45) is 4.99 Å². The largest absolute Gasteiger partial charge is 0.478 e. The first kappa shape index (κ1) is 28.9. The van der Waals surface area contributed by atoms with Gasteiger partial charge in [-0.15, -0.1) is 0 Å². The zero-order valence-corrected chi connectivity index (χ0v) is 21.9. The van der Waals surface area contributed by atoms with Crippen LogP contribution in [0.5, 0.6) is 0 Å². The van der Waals surface area contributed by atoms with E-state index in [4.69, 9.17) is 16.7 Å². The highest BCUT2D eigenvalue weighted by Gasteiger charge is 2.06. The molecule has 0 amide bonds. The quantitative estimate of drug-likeness (QED) is 0.235. The van der Waals surface area contributed by atoms with Gasteiger partial charge in [-0.3, -0.25) is 4.99 Å². The molecule has 0 spiro atoms. The molecule has 0 fully saturated rings. The molecule has 0 atom stereocenters. The molecule has 0 bridgehead atoms. The fraction of sp³-hybridized carbons (Fsp3) is 0.267. The standard InChI is InChI=1S/C20H23NO2.C10H13Cl/c1-6-17(16(5)21-15(4)14(3)20(22)23)13-18(7-2)19-11-9-8-10-12-19;1-3-8-5-6-10(11)9(4-2)7-8/h6-13H,2H2,1,3-5H3,(H,22,23);5-7H,3-4H2,1-2H3/b15-14+,17-6+,18-13+,21-16+;. The van der Waals surface area contributed by atoms with Crippen molar-refractivity contribution in [1.82, 2.24) is 0 Å². The zero-order chi connectivity index (χ0) is 25.7. The topological polar surface area (TPSA) is 49.7 Å². The summed E-state index contributed by atoms with van der Waals surface area (Å²) < 4.78 is 0. The number of benzene rings is 2. The number of halogens is 1. The van der Waals surface area contributed by atoms with E-state index in [1.807, 2.05) is 62.4 Å². The summed E-state index contributed by atoms with van der Waals surface area (Å²) in [5.74, 6) is -0.951. The molecule has 0 aliphatic carbocycles. The summed E-state index contributed by atoms with van der Waals surface area (Å²) in [4.78, 5) is 15.4. The minimum absolute atomic E-state index is 0.246. The van der Waals surface area contributed by atoms with E-state index in [1.165, 1.54) is 11.1 Å². The SMILES string of the molecule is C=C\C(=C/C(=C\C)C(/C)=N/C(C)=C(\C)C(=O)O)c1ccccc1.CCc1ccc(Cl)c(CC)c1. The fourth-order valence-corrected chi connectivity index (χ4v) is 3.38. The van der Waals surface area contributed by atoms with Crippen LogP contribution < -0.4 is 0 Å². The van der Waals surface area contributed by atoms with Crippen LogP contribution in [0, 0.1) is 0 Å². The van der Waals surface area contributed by atoms with E-state index in [-0.39, 0.29) is 5.57 Å². The van der Waals surface area contributed by atoms with E-state index in [0.29, 0.717) is 5.70 Å². The van der Waals surface area contributed by atoms with Gasteiger partial charge in [-0.25, -0.2) is 4.79 Å². The van der Waals surface area contributed by atoms with Crippen LogP contribution in [-0.2, 0) is 17.6 Å². The maximum absolute atomic E-state index is 11.0. The third kappa shape index (κ3) is 8.99. The minimum atomic E-state index is -0.951. The summed E-state index contributed by atoms with van der Waals surface area (Å²) in [5, 5.41) is 9.92. The van der Waals surface area contributed by atoms with Crippen LogP contribution in [0.2, 0.25) is 5.02 Å². The number of carboxylic acids is 1. The summed E-state index contributed by atoms with van der Waals surface area (Å²) in [7, 11) is 0. The first-order chi connectivity index (χ1) is 16.2. The Labute approximate surface area is 209 Å². The number of aliphatic carboxylic acids is 1. The van der Waals surface area contributed by atoms with E-state index in [2.05, 4.69) is 37.6 Å². The number of aryl methyl sites for hydroxylation is 2. The van der Waals surface area contributed by atoms with Crippen molar-refractivity contribution in [3.63, 3.8) is 0 Å². The van der Waals surface area contributed by atoms with Gasteiger partial charge >= 0.3 is 5.97 Å². The van der Waals surface area contributed by atoms with E-state index in [1.54, 1.807) is 19.9 Å². The molecule has 3 nitrogen and oxygen atoms in total. The highest BCUT2D eigenvalue weighted by Crippen LogP contribution is 2.19. The zero-order valence-electron chi connectivity index (χ0n) is 21.2. The maximum Gasteiger partial charge on any atom is 0.333 e. The molecular formula is C30H36ClNO2. The van der Waals surface area contributed by atoms with Gasteiger partial charge in [0, 0.05) is 16.4 Å². The number of rotatable bonds is 8. The highest BCUT2D eigenvalue weighted by molar-refractivity contribution is 6.31. The number of carboxylic acid groups (broad SMARTS) is 1. The van der Waals surface area contributed by atoms with Gasteiger partial charge in [0.05, 0.1) is 5.57 Å². The van der Waals surface area contributed by atoms with Gasteiger partial charge in [0.15, 0.2) is 0 Å². The Kier molecular flexibility index (Phi) is 12.6. The van der Waals surface area contributed by atoms with Crippen molar-refractivity contribution in [2.75, 3.05) is 0 Å². The molecular weight excluding hydrogens is 442 g/mol. The first-order valence-electron chi connectivity index (χ1n) is 11.5. The maximum atomic E-state index is 11.0. The molecule has 0 aliphatic rings. The van der Waals surface area contributed by atoms with Gasteiger partial charge in [-0.1, -0.05) is 86.6 Å². The second-order valence-electron chi connectivity index (χ2n) is 7.76. The number of carbonyl (C=O) groups is 1. The second-order valence-corrected chi connectivity index (χ2v) is 8.17. The molecule has 34 heavy (non-hydrogen) atoms. The van der Waals surface area contributed by atoms with Crippen molar-refractivity contribution in [1.29, 1.82) is 0 Å². The van der Waals surface area contributed by atoms with Gasteiger partial charge in [-0.2, -0.15) is 0 Å². The van der Waals surface area contributed by atoms with E-state index < -0.39 is 5.97 Å². The Morgan fingerprint density at radius 1 is 1.06 bits per heavy atom. The van der Waals surface area contributed by atoms with Crippen molar-refractivity contribution >= 4 is 28.9 Å². The minimum Gasteiger partial charge on any atom is -0.478 e. The molecule has 0 aromatic heterocycles. The molecule has 0 saturated carbocycles. The molecule has 2 rings (SSSR count). The van der Waals surface area contributed by atoms with Gasteiger partial charge < -0.3 is 5.11 Å². The van der Waals surface area contributed by atoms with Crippen LogP contribution in [0.15, 0.2) is 95.2 Å². The second kappa shape index (κ2) is 14.9. The molecule has 1 N–H and O–H groups in total. The summed E-state index contributed by atoms with van der Waals surface area (Å²) >= 11 is 5.95. The number of hydrogen-bond acceptors (Lipinski definition) is 2. The predicted octanol–water partition coefficient (Wildman–Crippen LogP) is 8.51. The van der Waals surface area contributed by atoms with E-state index in [0.717, 1.165) is 40.3 Å². The van der Waals surface area contributed by atoms with E-state index in [9.17, 15) is 4.79 Å². The van der Waals surface area contributed by atoms with Crippen LogP contribution >= 0.6 is 11.6 Å². The fourth-order valence-electron chi connectivity index (χ4n) is 3.13. The van der Waals surface area contributed by atoms with Gasteiger partial charge in [0.25, 0.3) is 0 Å². The Balaban J connectivity index is 0.000000437. The van der Waals surface area contributed by atoms with Crippen molar-refractivity contribution < 1.29 is 9.90 Å². The Hall–Kier alpha value is -3.17. The van der Waals surface area contributed by atoms with Crippen LogP contribution in [0.4, 0.5) is 0 Å². The first-order valence-corrected chi connectivity index (χ1v) is 11.9. The average Bonchev–Trinajstić information content (AvgIpc) is 2.85. The summed E-state index contributed by atoms with van der Waals surface area (Å²) in [6, 6.07) is 16.2. The summed E-state index contributed by atoms with van der Waals surface area (Å²) in [6.07, 6.45) is 7.87. The number of allylic oxidation sites excluding steroid dienone is 6. The lowest BCUT2D eigenvalue weighted by Crippen LogP contribution is -2.01. The molecule has 180 valence electrons. The Morgan fingerprint density at radius 2 is 1.71 bits per heavy atom. The van der Waals surface area contributed by atoms with Crippen LogP contribution in [0.1, 0.15) is 58.2 Å². The average molecular weight is 478 g/mol. The third-order valence-corrected chi connectivity index (χ3v) is 5.83.